The Morgan fingerprint density at radius 2 is 1.79 bits per heavy atom. The van der Waals surface area contributed by atoms with Gasteiger partial charge >= 0.3 is 12.2 Å². The molecule has 1 saturated heterocycles. The van der Waals surface area contributed by atoms with Crippen molar-refractivity contribution >= 4 is 34.6 Å². The molecule has 1 aliphatic heterocycles. The maximum Gasteiger partial charge on any atom is 0.416 e. The minimum Gasteiger partial charge on any atom is -0.332 e. The van der Waals surface area contributed by atoms with E-state index in [4.69, 9.17) is 0 Å². The molecule has 0 unspecified atom stereocenters. The fraction of sp³-hybridized carbons (Fsp3) is 0.233. The van der Waals surface area contributed by atoms with Gasteiger partial charge in [-0.05, 0) is 59.9 Å². The zero-order chi connectivity index (χ0) is 30.0. The van der Waals surface area contributed by atoms with Gasteiger partial charge in [0.15, 0.2) is 11.0 Å². The largest absolute Gasteiger partial charge is 0.416 e. The first-order chi connectivity index (χ1) is 20.0. The van der Waals surface area contributed by atoms with Crippen molar-refractivity contribution in [3.63, 3.8) is 0 Å². The second-order valence-corrected chi connectivity index (χ2v) is 11.0. The van der Waals surface area contributed by atoms with Crippen LogP contribution in [-0.2, 0) is 17.5 Å². The zero-order valence-electron chi connectivity index (χ0n) is 23.0. The lowest BCUT2D eigenvalue weighted by molar-refractivity contribution is -0.137. The number of alkyl halides is 3. The van der Waals surface area contributed by atoms with Gasteiger partial charge in [0.2, 0.25) is 5.91 Å². The fourth-order valence-electron chi connectivity index (χ4n) is 4.42. The highest BCUT2D eigenvalue weighted by Gasteiger charge is 2.32. The normalized spacial score (nSPS) is 14.7. The van der Waals surface area contributed by atoms with Crippen molar-refractivity contribution in [3.8, 4) is 17.1 Å². The van der Waals surface area contributed by atoms with Crippen molar-refractivity contribution in [1.82, 2.24) is 20.1 Å². The van der Waals surface area contributed by atoms with Crippen molar-refractivity contribution in [3.05, 3.63) is 95.3 Å². The number of carbonyl (C=O) groups is 2. The van der Waals surface area contributed by atoms with Crippen molar-refractivity contribution in [2.24, 2.45) is 4.99 Å². The minimum atomic E-state index is -4.41. The third kappa shape index (κ3) is 6.38. The molecular weight excluding hydrogens is 565 g/mol. The number of anilines is 1. The highest BCUT2D eigenvalue weighted by atomic mass is 32.2. The average molecular weight is 593 g/mol. The van der Waals surface area contributed by atoms with E-state index in [-0.39, 0.29) is 24.1 Å². The van der Waals surface area contributed by atoms with Gasteiger partial charge in [0.1, 0.15) is 6.33 Å². The molecule has 1 fully saturated rings. The summed E-state index contributed by atoms with van der Waals surface area (Å²) >= 11 is 1.23. The van der Waals surface area contributed by atoms with Crippen LogP contribution < -0.4 is 10.2 Å². The molecule has 0 spiro atoms. The van der Waals surface area contributed by atoms with Crippen LogP contribution in [0.15, 0.2) is 78.0 Å². The van der Waals surface area contributed by atoms with Gasteiger partial charge in [-0.3, -0.25) is 9.69 Å². The maximum atomic E-state index is 12.8. The lowest BCUT2D eigenvalue weighted by Gasteiger charge is -2.22. The van der Waals surface area contributed by atoms with Crippen LogP contribution in [0.4, 0.5) is 23.7 Å². The van der Waals surface area contributed by atoms with Crippen LogP contribution in [0.1, 0.15) is 42.0 Å². The van der Waals surface area contributed by atoms with E-state index in [0.717, 1.165) is 34.5 Å². The number of aromatic nitrogens is 3. The summed E-state index contributed by atoms with van der Waals surface area (Å²) in [4.78, 5) is 35.4. The number of urea groups is 1. The number of benzene rings is 3. The summed E-state index contributed by atoms with van der Waals surface area (Å²) in [7, 11) is 0. The molecular formula is C30H27F3N6O2S. The van der Waals surface area contributed by atoms with E-state index in [9.17, 15) is 22.8 Å². The van der Waals surface area contributed by atoms with E-state index < -0.39 is 17.8 Å². The van der Waals surface area contributed by atoms with Gasteiger partial charge in [-0.15, -0.1) is 5.10 Å². The summed E-state index contributed by atoms with van der Waals surface area (Å²) < 4.78 is 39.9. The topological polar surface area (TPSA) is 92.5 Å². The number of hydrogen-bond acceptors (Lipinski definition) is 5. The Hall–Kier alpha value is -4.45. The van der Waals surface area contributed by atoms with E-state index >= 15 is 0 Å². The SMILES string of the molecule is Cc1ccc(C(C)C)c(N2C(=O)CS/C2=N\C(=O)NCc2ccc(-c3ncn(-c4ccc(C(F)(F)F)cc4)n3)cc2)c1. The summed E-state index contributed by atoms with van der Waals surface area (Å²) in [5.74, 6) is 0.675. The standard InChI is InChI=1S/C30H27F3N6O2S/c1-18(2)24-13-4-19(3)14-25(24)39-26(40)16-42-29(39)36-28(41)34-15-20-5-7-21(8-6-20)27-35-17-38(37-27)23-11-9-22(10-12-23)30(31,32)33/h4-14,17-18H,15-16H2,1-3H3,(H,34,41)/b36-29-. The van der Waals surface area contributed by atoms with Crippen LogP contribution in [0.3, 0.4) is 0 Å². The number of nitrogens with zero attached hydrogens (tertiary/aromatic N) is 5. The molecule has 1 aliphatic rings. The number of nitrogens with one attached hydrogen (secondary N) is 1. The van der Waals surface area contributed by atoms with Crippen LogP contribution in [0.2, 0.25) is 0 Å². The highest BCUT2D eigenvalue weighted by Crippen LogP contribution is 2.34. The van der Waals surface area contributed by atoms with E-state index in [2.05, 4.69) is 34.2 Å². The Balaban J connectivity index is 1.23. The van der Waals surface area contributed by atoms with E-state index in [1.54, 1.807) is 12.1 Å². The molecule has 1 aromatic heterocycles. The molecule has 5 rings (SSSR count). The summed E-state index contributed by atoms with van der Waals surface area (Å²) in [5.41, 5.74) is 3.98. The first-order valence-corrected chi connectivity index (χ1v) is 14.1. The van der Waals surface area contributed by atoms with E-state index in [1.165, 1.54) is 39.8 Å². The monoisotopic (exact) mass is 592 g/mol. The summed E-state index contributed by atoms with van der Waals surface area (Å²) in [6.07, 6.45) is -2.98. The van der Waals surface area contributed by atoms with Crippen LogP contribution >= 0.6 is 11.8 Å². The Labute approximate surface area is 244 Å². The molecule has 0 bridgehead atoms. The molecule has 216 valence electrons. The summed E-state index contributed by atoms with van der Waals surface area (Å²) in [6, 6.07) is 17.2. The molecule has 4 aromatic rings. The Morgan fingerprint density at radius 3 is 2.45 bits per heavy atom. The molecule has 3 aromatic carbocycles. The Morgan fingerprint density at radius 1 is 1.07 bits per heavy atom. The first-order valence-electron chi connectivity index (χ1n) is 13.1. The van der Waals surface area contributed by atoms with Gasteiger partial charge in [-0.25, -0.2) is 14.5 Å². The van der Waals surface area contributed by atoms with Gasteiger partial charge in [0, 0.05) is 12.1 Å². The van der Waals surface area contributed by atoms with E-state index in [0.29, 0.717) is 22.2 Å². The van der Waals surface area contributed by atoms with Gasteiger partial charge < -0.3 is 5.32 Å². The van der Waals surface area contributed by atoms with Crippen LogP contribution in [0.5, 0.6) is 0 Å². The van der Waals surface area contributed by atoms with E-state index in [1.807, 2.05) is 37.3 Å². The predicted molar refractivity (Wildman–Crippen MR) is 157 cm³/mol. The minimum absolute atomic E-state index is 0.121. The first kappa shape index (κ1) is 29.1. The number of carbonyl (C=O) groups excluding carboxylic acids is 2. The number of thioether (sulfide) groups is 1. The Bertz CT molecular complexity index is 1650. The second-order valence-electron chi connectivity index (χ2n) is 10.0. The molecule has 0 radical (unpaired) electrons. The predicted octanol–water partition coefficient (Wildman–Crippen LogP) is 6.73. The summed E-state index contributed by atoms with van der Waals surface area (Å²) in [5, 5.41) is 7.48. The van der Waals surface area contributed by atoms with Gasteiger partial charge in [-0.2, -0.15) is 18.2 Å². The smallest absolute Gasteiger partial charge is 0.332 e. The second kappa shape index (κ2) is 11.8. The highest BCUT2D eigenvalue weighted by molar-refractivity contribution is 8.15. The lowest BCUT2D eigenvalue weighted by atomic mass is 9.99. The molecule has 12 heteroatoms. The number of hydrogen-bond donors (Lipinski definition) is 1. The number of aliphatic imine (C=N–C) groups is 1. The quantitative estimate of drug-likeness (QED) is 0.268. The number of halogens is 3. The third-order valence-corrected chi connectivity index (χ3v) is 7.54. The maximum absolute atomic E-state index is 12.8. The molecule has 42 heavy (non-hydrogen) atoms. The molecule has 0 atom stereocenters. The molecule has 1 N–H and O–H groups in total. The van der Waals surface area contributed by atoms with Crippen molar-refractivity contribution in [2.45, 2.75) is 39.4 Å². The molecule has 0 saturated carbocycles. The number of rotatable bonds is 6. The molecule has 8 nitrogen and oxygen atoms in total. The van der Waals surface area contributed by atoms with Crippen molar-refractivity contribution in [1.29, 1.82) is 0 Å². The summed E-state index contributed by atoms with van der Waals surface area (Å²) in [6.45, 7) is 6.27. The Kier molecular flexibility index (Phi) is 8.17. The molecule has 3 amide bonds. The van der Waals surface area contributed by atoms with Crippen molar-refractivity contribution < 1.29 is 22.8 Å². The zero-order valence-corrected chi connectivity index (χ0v) is 23.8. The van der Waals surface area contributed by atoms with Crippen LogP contribution in [-0.4, -0.2) is 37.6 Å². The third-order valence-electron chi connectivity index (χ3n) is 6.62. The van der Waals surface area contributed by atoms with Crippen LogP contribution in [0.25, 0.3) is 17.1 Å². The van der Waals surface area contributed by atoms with Crippen LogP contribution in [0, 0.1) is 6.92 Å². The number of aryl methyl sites for hydroxylation is 1. The lowest BCUT2D eigenvalue weighted by Crippen LogP contribution is -2.32. The van der Waals surface area contributed by atoms with Crippen molar-refractivity contribution in [2.75, 3.05) is 10.7 Å². The van der Waals surface area contributed by atoms with Gasteiger partial charge in [0.25, 0.3) is 0 Å². The molecule has 0 aliphatic carbocycles. The molecule has 2 heterocycles. The number of amidine groups is 1. The number of amides is 3. The fourth-order valence-corrected chi connectivity index (χ4v) is 5.27. The average Bonchev–Trinajstić information content (AvgIpc) is 3.59. The van der Waals surface area contributed by atoms with Gasteiger partial charge in [-0.1, -0.05) is 62.0 Å². The van der Waals surface area contributed by atoms with Gasteiger partial charge in [0.05, 0.1) is 22.7 Å².